The normalized spacial score (nSPS) is 16.0. The van der Waals surface area contributed by atoms with Crippen molar-refractivity contribution in [3.8, 4) is 0 Å². The van der Waals surface area contributed by atoms with E-state index in [0.717, 1.165) is 42.3 Å². The van der Waals surface area contributed by atoms with Crippen molar-refractivity contribution in [2.45, 2.75) is 6.54 Å². The monoisotopic (exact) mass is 382 g/mol. The van der Waals surface area contributed by atoms with Crippen LogP contribution in [-0.4, -0.2) is 52.1 Å². The van der Waals surface area contributed by atoms with Crippen molar-refractivity contribution in [2.24, 2.45) is 0 Å². The summed E-state index contributed by atoms with van der Waals surface area (Å²) in [4.78, 5) is 24.8. The highest BCUT2D eigenvalue weighted by molar-refractivity contribution is 9.11. The second-order valence-electron chi connectivity index (χ2n) is 5.03. The Bertz CT molecular complexity index is 653. The first-order valence-electron chi connectivity index (χ1n) is 6.88. The van der Waals surface area contributed by atoms with Crippen LogP contribution in [0.25, 0.3) is 0 Å². The molecule has 1 aliphatic heterocycles. The smallest absolute Gasteiger partial charge is 0.356 e. The van der Waals surface area contributed by atoms with E-state index in [1.54, 1.807) is 11.3 Å². The summed E-state index contributed by atoms with van der Waals surface area (Å²) in [5.74, 6) is -0.311. The van der Waals surface area contributed by atoms with Crippen LogP contribution in [0.4, 0.5) is 5.82 Å². The maximum absolute atomic E-state index is 10.8. The van der Waals surface area contributed by atoms with Crippen LogP contribution in [0.3, 0.4) is 0 Å². The lowest BCUT2D eigenvalue weighted by molar-refractivity contribution is 0.0690. The number of halogens is 1. The minimum absolute atomic E-state index is 0.0225. The molecular formula is C14H15BrN4O2S. The molecule has 2 aromatic rings. The van der Waals surface area contributed by atoms with Gasteiger partial charge in [0.2, 0.25) is 0 Å². The molecule has 0 bridgehead atoms. The fraction of sp³-hybridized carbons (Fsp3) is 0.357. The van der Waals surface area contributed by atoms with E-state index in [2.05, 4.69) is 47.8 Å². The third-order valence-corrected chi connectivity index (χ3v) is 5.17. The lowest BCUT2D eigenvalue weighted by Gasteiger charge is -2.34. The van der Waals surface area contributed by atoms with E-state index in [-0.39, 0.29) is 5.69 Å². The molecule has 116 valence electrons. The second-order valence-corrected chi connectivity index (χ2v) is 7.58. The maximum Gasteiger partial charge on any atom is 0.356 e. The molecule has 0 amide bonds. The Kier molecular flexibility index (Phi) is 4.70. The summed E-state index contributed by atoms with van der Waals surface area (Å²) in [5, 5.41) is 8.84. The first kappa shape index (κ1) is 15.4. The fourth-order valence-electron chi connectivity index (χ4n) is 2.39. The van der Waals surface area contributed by atoms with Crippen molar-refractivity contribution >= 4 is 39.1 Å². The van der Waals surface area contributed by atoms with E-state index in [1.165, 1.54) is 17.3 Å². The number of carboxylic acids is 1. The predicted molar refractivity (Wildman–Crippen MR) is 88.5 cm³/mol. The minimum Gasteiger partial charge on any atom is -0.476 e. The van der Waals surface area contributed by atoms with E-state index in [4.69, 9.17) is 5.11 Å². The topological polar surface area (TPSA) is 69.6 Å². The highest BCUT2D eigenvalue weighted by Crippen LogP contribution is 2.24. The predicted octanol–water partition coefficient (Wildman–Crippen LogP) is 2.32. The van der Waals surface area contributed by atoms with Crippen molar-refractivity contribution in [3.05, 3.63) is 38.9 Å². The number of nitrogens with zero attached hydrogens (tertiary/aromatic N) is 4. The molecule has 0 unspecified atom stereocenters. The SMILES string of the molecule is O=C(O)c1cnc(N2CCN(Cc3ccc(Br)s3)CC2)cn1. The zero-order valence-corrected chi connectivity index (χ0v) is 14.2. The van der Waals surface area contributed by atoms with Gasteiger partial charge >= 0.3 is 5.97 Å². The van der Waals surface area contributed by atoms with Gasteiger partial charge in [-0.1, -0.05) is 0 Å². The van der Waals surface area contributed by atoms with Crippen LogP contribution in [0.2, 0.25) is 0 Å². The Labute approximate surface area is 140 Å². The van der Waals surface area contributed by atoms with Crippen LogP contribution in [0, 0.1) is 0 Å². The number of hydrogen-bond donors (Lipinski definition) is 1. The Morgan fingerprint density at radius 1 is 1.23 bits per heavy atom. The number of rotatable bonds is 4. The van der Waals surface area contributed by atoms with Crippen molar-refractivity contribution in [1.82, 2.24) is 14.9 Å². The molecular weight excluding hydrogens is 368 g/mol. The molecule has 0 atom stereocenters. The van der Waals surface area contributed by atoms with Gasteiger partial charge in [-0.25, -0.2) is 14.8 Å². The number of carbonyl (C=O) groups is 1. The molecule has 0 spiro atoms. The van der Waals surface area contributed by atoms with Crippen LogP contribution < -0.4 is 4.90 Å². The average Bonchev–Trinajstić information content (AvgIpc) is 2.93. The Hall–Kier alpha value is -1.51. The van der Waals surface area contributed by atoms with E-state index in [1.807, 2.05) is 0 Å². The second kappa shape index (κ2) is 6.72. The summed E-state index contributed by atoms with van der Waals surface area (Å²) >= 11 is 5.25. The van der Waals surface area contributed by atoms with Crippen LogP contribution in [0.1, 0.15) is 15.4 Å². The number of hydrogen-bond acceptors (Lipinski definition) is 6. The number of anilines is 1. The van der Waals surface area contributed by atoms with E-state index in [9.17, 15) is 4.79 Å². The van der Waals surface area contributed by atoms with Gasteiger partial charge < -0.3 is 10.0 Å². The van der Waals surface area contributed by atoms with Crippen LogP contribution in [0.15, 0.2) is 28.3 Å². The largest absolute Gasteiger partial charge is 0.476 e. The van der Waals surface area contributed by atoms with Gasteiger partial charge in [0.1, 0.15) is 5.82 Å². The average molecular weight is 383 g/mol. The molecule has 0 radical (unpaired) electrons. The van der Waals surface area contributed by atoms with Gasteiger partial charge in [0.15, 0.2) is 5.69 Å². The Balaban J connectivity index is 1.56. The summed E-state index contributed by atoms with van der Waals surface area (Å²) in [6.07, 6.45) is 2.85. The summed E-state index contributed by atoms with van der Waals surface area (Å²) in [6, 6.07) is 4.23. The molecule has 0 aromatic carbocycles. The van der Waals surface area contributed by atoms with Gasteiger partial charge in [0, 0.05) is 37.6 Å². The molecule has 0 saturated carbocycles. The lowest BCUT2D eigenvalue weighted by Crippen LogP contribution is -2.46. The third kappa shape index (κ3) is 3.63. The Morgan fingerprint density at radius 2 is 2.00 bits per heavy atom. The zero-order valence-electron chi connectivity index (χ0n) is 11.8. The fourth-order valence-corrected chi connectivity index (χ4v) is 3.91. The molecule has 2 aromatic heterocycles. The summed E-state index contributed by atoms with van der Waals surface area (Å²) in [7, 11) is 0. The lowest BCUT2D eigenvalue weighted by atomic mass is 10.3. The van der Waals surface area contributed by atoms with Gasteiger partial charge in [-0.2, -0.15) is 0 Å². The molecule has 1 fully saturated rings. The van der Waals surface area contributed by atoms with Gasteiger partial charge in [-0.15, -0.1) is 11.3 Å². The van der Waals surface area contributed by atoms with Crippen molar-refractivity contribution in [1.29, 1.82) is 0 Å². The first-order chi connectivity index (χ1) is 10.6. The van der Waals surface area contributed by atoms with E-state index >= 15 is 0 Å². The number of aromatic nitrogens is 2. The molecule has 1 saturated heterocycles. The van der Waals surface area contributed by atoms with Crippen LogP contribution in [0.5, 0.6) is 0 Å². The van der Waals surface area contributed by atoms with Gasteiger partial charge in [0.05, 0.1) is 16.2 Å². The number of carboxylic acid groups (broad SMARTS) is 1. The molecule has 22 heavy (non-hydrogen) atoms. The minimum atomic E-state index is -1.05. The van der Waals surface area contributed by atoms with Crippen molar-refractivity contribution < 1.29 is 9.90 Å². The third-order valence-electron chi connectivity index (χ3n) is 3.56. The summed E-state index contributed by atoms with van der Waals surface area (Å²) in [5.41, 5.74) is -0.0225. The van der Waals surface area contributed by atoms with Crippen molar-refractivity contribution in [3.63, 3.8) is 0 Å². The molecule has 0 aliphatic carbocycles. The number of thiophene rings is 1. The number of piperazine rings is 1. The molecule has 3 heterocycles. The quantitative estimate of drug-likeness (QED) is 0.874. The van der Waals surface area contributed by atoms with Gasteiger partial charge in [-0.05, 0) is 28.1 Å². The zero-order chi connectivity index (χ0) is 15.5. The highest BCUT2D eigenvalue weighted by atomic mass is 79.9. The first-order valence-corrected chi connectivity index (χ1v) is 8.49. The number of aromatic carboxylic acids is 1. The molecule has 1 N–H and O–H groups in total. The molecule has 6 nitrogen and oxygen atoms in total. The van der Waals surface area contributed by atoms with Gasteiger partial charge in [-0.3, -0.25) is 4.90 Å². The Morgan fingerprint density at radius 3 is 2.55 bits per heavy atom. The molecule has 1 aliphatic rings. The van der Waals surface area contributed by atoms with Crippen molar-refractivity contribution in [2.75, 3.05) is 31.1 Å². The van der Waals surface area contributed by atoms with E-state index < -0.39 is 5.97 Å². The van der Waals surface area contributed by atoms with Crippen LogP contribution >= 0.6 is 27.3 Å². The standard InChI is InChI=1S/C14H15BrN4O2S/c15-12-2-1-10(22-12)9-18-3-5-19(6-4-18)13-8-16-11(7-17-13)14(20)21/h1-2,7-8H,3-6,9H2,(H,20,21). The molecule has 3 rings (SSSR count). The van der Waals surface area contributed by atoms with E-state index in [0.29, 0.717) is 0 Å². The molecule has 8 heteroatoms. The highest BCUT2D eigenvalue weighted by Gasteiger charge is 2.19. The van der Waals surface area contributed by atoms with Crippen LogP contribution in [-0.2, 0) is 6.54 Å². The summed E-state index contributed by atoms with van der Waals surface area (Å²) in [6.45, 7) is 4.62. The summed E-state index contributed by atoms with van der Waals surface area (Å²) < 4.78 is 1.16. The van der Waals surface area contributed by atoms with Gasteiger partial charge in [0.25, 0.3) is 0 Å². The maximum atomic E-state index is 10.8.